The Kier molecular flexibility index (Phi) is 5.46. The number of nitrogens with one attached hydrogen (secondary N) is 1. The highest BCUT2D eigenvalue weighted by molar-refractivity contribution is 6.04. The van der Waals surface area contributed by atoms with Gasteiger partial charge >= 0.3 is 0 Å². The van der Waals surface area contributed by atoms with Crippen molar-refractivity contribution in [3.8, 4) is 5.75 Å². The number of nitrogens with zero attached hydrogens (tertiary/aromatic N) is 3. The first-order valence-corrected chi connectivity index (χ1v) is 9.77. The number of carbonyl (C=O) groups is 1. The number of amides is 1. The van der Waals surface area contributed by atoms with Crippen LogP contribution < -0.4 is 15.0 Å². The molecule has 1 amide bonds. The molecule has 0 unspecified atom stereocenters. The minimum absolute atomic E-state index is 0.182. The molecule has 7 heteroatoms. The largest absolute Gasteiger partial charge is 0.489 e. The second-order valence-corrected chi connectivity index (χ2v) is 7.17. The number of aromatic nitrogens is 2. The van der Waals surface area contributed by atoms with Crippen molar-refractivity contribution in [1.82, 2.24) is 10.1 Å². The fraction of sp³-hybridized carbons (Fsp3) is 0.318. The standard InChI is InChI=1S/C22H24N4O3/c1-15-20(16(2)29-25-15)14-28-19-8-5-17(6-9-19)22(27)24-18-7-10-21(23-13-18)26-11-3-4-12-26/h5-10,13H,3-4,11-12,14H2,1-2H3,(H,24,27). The Hall–Kier alpha value is -3.35. The van der Waals surface area contributed by atoms with E-state index in [1.165, 1.54) is 12.8 Å². The zero-order valence-electron chi connectivity index (χ0n) is 16.6. The van der Waals surface area contributed by atoms with Gasteiger partial charge in [0.2, 0.25) is 0 Å². The van der Waals surface area contributed by atoms with Crippen molar-refractivity contribution in [3.63, 3.8) is 0 Å². The maximum atomic E-state index is 12.5. The van der Waals surface area contributed by atoms with Gasteiger partial charge in [-0.25, -0.2) is 4.98 Å². The molecule has 0 radical (unpaired) electrons. The van der Waals surface area contributed by atoms with Crippen molar-refractivity contribution in [2.45, 2.75) is 33.3 Å². The summed E-state index contributed by atoms with van der Waals surface area (Å²) in [5.74, 6) is 2.21. The van der Waals surface area contributed by atoms with Crippen LogP contribution in [0.3, 0.4) is 0 Å². The molecule has 2 aromatic heterocycles. The van der Waals surface area contributed by atoms with Gasteiger partial charge in [0.1, 0.15) is 23.9 Å². The summed E-state index contributed by atoms with van der Waals surface area (Å²) in [6.07, 6.45) is 4.11. The average Bonchev–Trinajstić information content (AvgIpc) is 3.38. The number of rotatable bonds is 6. The van der Waals surface area contributed by atoms with E-state index in [4.69, 9.17) is 9.26 Å². The molecular weight excluding hydrogens is 368 g/mol. The van der Waals surface area contributed by atoms with Gasteiger partial charge in [-0.15, -0.1) is 0 Å². The second kappa shape index (κ2) is 8.34. The fourth-order valence-corrected chi connectivity index (χ4v) is 3.36. The minimum Gasteiger partial charge on any atom is -0.489 e. The van der Waals surface area contributed by atoms with E-state index in [9.17, 15) is 4.79 Å². The van der Waals surface area contributed by atoms with Crippen LogP contribution in [0.5, 0.6) is 5.75 Å². The van der Waals surface area contributed by atoms with Gasteiger partial charge in [-0.2, -0.15) is 0 Å². The van der Waals surface area contributed by atoms with Gasteiger partial charge in [-0.3, -0.25) is 4.79 Å². The molecule has 7 nitrogen and oxygen atoms in total. The summed E-state index contributed by atoms with van der Waals surface area (Å²) < 4.78 is 10.9. The molecule has 1 saturated heterocycles. The monoisotopic (exact) mass is 392 g/mol. The lowest BCUT2D eigenvalue weighted by atomic mass is 10.2. The highest BCUT2D eigenvalue weighted by Crippen LogP contribution is 2.21. The molecule has 0 saturated carbocycles. The van der Waals surface area contributed by atoms with Crippen LogP contribution in [0.2, 0.25) is 0 Å². The highest BCUT2D eigenvalue weighted by Gasteiger charge is 2.14. The third-order valence-corrected chi connectivity index (χ3v) is 5.12. The van der Waals surface area contributed by atoms with Crippen molar-refractivity contribution in [2.24, 2.45) is 0 Å². The maximum Gasteiger partial charge on any atom is 0.255 e. The van der Waals surface area contributed by atoms with Crippen molar-refractivity contribution in [2.75, 3.05) is 23.3 Å². The molecule has 0 aliphatic carbocycles. The Labute approximate surface area is 169 Å². The zero-order chi connectivity index (χ0) is 20.2. The van der Waals surface area contributed by atoms with E-state index < -0.39 is 0 Å². The molecule has 1 aliphatic heterocycles. The first-order valence-electron chi connectivity index (χ1n) is 9.77. The first kappa shape index (κ1) is 19.0. The lowest BCUT2D eigenvalue weighted by molar-refractivity contribution is 0.102. The van der Waals surface area contributed by atoms with Crippen molar-refractivity contribution in [3.05, 3.63) is 65.2 Å². The minimum atomic E-state index is -0.182. The van der Waals surface area contributed by atoms with Crippen LogP contribution in [-0.2, 0) is 6.61 Å². The summed E-state index contributed by atoms with van der Waals surface area (Å²) in [5.41, 5.74) is 2.99. The number of ether oxygens (including phenoxy) is 1. The lowest BCUT2D eigenvalue weighted by Gasteiger charge is -2.16. The van der Waals surface area contributed by atoms with E-state index in [0.29, 0.717) is 23.6 Å². The Morgan fingerprint density at radius 1 is 1.14 bits per heavy atom. The number of benzene rings is 1. The summed E-state index contributed by atoms with van der Waals surface area (Å²) in [6, 6.07) is 10.9. The zero-order valence-corrected chi connectivity index (χ0v) is 16.6. The molecule has 0 atom stereocenters. The Balaban J connectivity index is 1.34. The van der Waals surface area contributed by atoms with Crippen LogP contribution in [0, 0.1) is 13.8 Å². The van der Waals surface area contributed by atoms with Gasteiger partial charge in [0.15, 0.2) is 0 Å². The Bertz CT molecular complexity index is 955. The van der Waals surface area contributed by atoms with Gasteiger partial charge in [-0.05, 0) is 63.1 Å². The summed E-state index contributed by atoms with van der Waals surface area (Å²) in [5, 5.41) is 6.80. The van der Waals surface area contributed by atoms with E-state index in [1.807, 2.05) is 26.0 Å². The number of hydrogen-bond donors (Lipinski definition) is 1. The van der Waals surface area contributed by atoms with E-state index in [1.54, 1.807) is 30.5 Å². The van der Waals surface area contributed by atoms with E-state index in [-0.39, 0.29) is 5.91 Å². The van der Waals surface area contributed by atoms with Crippen molar-refractivity contribution >= 4 is 17.4 Å². The maximum absolute atomic E-state index is 12.5. The van der Waals surface area contributed by atoms with Crippen LogP contribution in [-0.4, -0.2) is 29.1 Å². The molecule has 1 aromatic carbocycles. The predicted octanol–water partition coefficient (Wildman–Crippen LogP) is 4.12. The third kappa shape index (κ3) is 4.39. The predicted molar refractivity (Wildman–Crippen MR) is 110 cm³/mol. The molecule has 0 bridgehead atoms. The highest BCUT2D eigenvalue weighted by atomic mass is 16.5. The van der Waals surface area contributed by atoms with Crippen LogP contribution in [0.4, 0.5) is 11.5 Å². The number of carbonyl (C=O) groups excluding carboxylic acids is 1. The summed E-state index contributed by atoms with van der Waals surface area (Å²) in [7, 11) is 0. The summed E-state index contributed by atoms with van der Waals surface area (Å²) >= 11 is 0. The van der Waals surface area contributed by atoms with Crippen molar-refractivity contribution < 1.29 is 14.1 Å². The fourth-order valence-electron chi connectivity index (χ4n) is 3.36. The van der Waals surface area contributed by atoms with Crippen LogP contribution >= 0.6 is 0 Å². The van der Waals surface area contributed by atoms with Crippen LogP contribution in [0.15, 0.2) is 47.1 Å². The smallest absolute Gasteiger partial charge is 0.255 e. The van der Waals surface area contributed by atoms with Gasteiger partial charge in [-0.1, -0.05) is 5.16 Å². The molecular formula is C22H24N4O3. The normalized spacial score (nSPS) is 13.5. The molecule has 3 heterocycles. The Morgan fingerprint density at radius 2 is 1.90 bits per heavy atom. The van der Waals surface area contributed by atoms with E-state index in [2.05, 4.69) is 20.4 Å². The van der Waals surface area contributed by atoms with E-state index in [0.717, 1.165) is 35.9 Å². The summed E-state index contributed by atoms with van der Waals surface area (Å²) in [4.78, 5) is 19.2. The number of anilines is 2. The first-order chi connectivity index (χ1) is 14.1. The number of hydrogen-bond acceptors (Lipinski definition) is 6. The van der Waals surface area contributed by atoms with Crippen LogP contribution in [0.25, 0.3) is 0 Å². The molecule has 1 fully saturated rings. The third-order valence-electron chi connectivity index (χ3n) is 5.12. The topological polar surface area (TPSA) is 80.5 Å². The summed E-state index contributed by atoms with van der Waals surface area (Å²) in [6.45, 7) is 6.21. The molecule has 3 aromatic rings. The Morgan fingerprint density at radius 3 is 2.52 bits per heavy atom. The quantitative estimate of drug-likeness (QED) is 0.680. The number of pyridine rings is 1. The SMILES string of the molecule is Cc1noc(C)c1COc1ccc(C(=O)Nc2ccc(N3CCCC3)nc2)cc1. The molecule has 1 N–H and O–H groups in total. The van der Waals surface area contributed by atoms with Gasteiger partial charge in [0, 0.05) is 18.7 Å². The van der Waals surface area contributed by atoms with Crippen LogP contribution in [0.1, 0.15) is 40.2 Å². The molecule has 4 rings (SSSR count). The van der Waals surface area contributed by atoms with E-state index >= 15 is 0 Å². The van der Waals surface area contributed by atoms with Gasteiger partial charge in [0.05, 0.1) is 23.1 Å². The van der Waals surface area contributed by atoms with Crippen molar-refractivity contribution in [1.29, 1.82) is 0 Å². The molecule has 0 spiro atoms. The molecule has 150 valence electrons. The van der Waals surface area contributed by atoms with Gasteiger partial charge < -0.3 is 19.5 Å². The van der Waals surface area contributed by atoms with Gasteiger partial charge in [0.25, 0.3) is 5.91 Å². The molecule has 1 aliphatic rings. The lowest BCUT2D eigenvalue weighted by Crippen LogP contribution is -2.19. The second-order valence-electron chi connectivity index (χ2n) is 7.17. The molecule has 29 heavy (non-hydrogen) atoms. The average molecular weight is 392 g/mol. The number of aryl methyl sites for hydroxylation is 2.